The molecule has 1 aliphatic heterocycles. The molecule has 130 valence electrons. The van der Waals surface area contributed by atoms with Gasteiger partial charge in [-0.05, 0) is 24.6 Å². The number of nitrogens with zero attached hydrogens (tertiary/aromatic N) is 4. The summed E-state index contributed by atoms with van der Waals surface area (Å²) in [6.45, 7) is 4.26. The minimum absolute atomic E-state index is 0.00357. The van der Waals surface area contributed by atoms with E-state index in [1.807, 2.05) is 48.3 Å². The number of hydrogen-bond donors (Lipinski definition) is 2. The first kappa shape index (κ1) is 15.8. The molecule has 2 aromatic heterocycles. The normalized spacial score (nSPS) is 20.2. The Morgan fingerprint density at radius 3 is 2.96 bits per heavy atom. The molecule has 0 spiro atoms. The van der Waals surface area contributed by atoms with Crippen LogP contribution in [0.1, 0.15) is 18.4 Å². The van der Waals surface area contributed by atoms with Crippen LogP contribution in [0.3, 0.4) is 0 Å². The first-order chi connectivity index (χ1) is 12.2. The molecule has 3 aromatic rings. The highest BCUT2D eigenvalue weighted by atomic mass is 16.2. The molecule has 0 saturated carbocycles. The maximum Gasteiger partial charge on any atom is 0.231 e. The molecule has 25 heavy (non-hydrogen) atoms. The number of aromatic nitrogens is 4. The summed E-state index contributed by atoms with van der Waals surface area (Å²) in [7, 11) is 1.89. The first-order valence-electron chi connectivity index (χ1n) is 8.62. The van der Waals surface area contributed by atoms with E-state index >= 15 is 0 Å². The van der Waals surface area contributed by atoms with Crippen molar-refractivity contribution in [3.63, 3.8) is 0 Å². The third kappa shape index (κ3) is 2.80. The van der Waals surface area contributed by atoms with Gasteiger partial charge in [0.15, 0.2) is 0 Å². The molecule has 0 unspecified atom stereocenters. The number of nitrogens with one attached hydrogen (secondary N) is 2. The van der Waals surface area contributed by atoms with Crippen molar-refractivity contribution < 1.29 is 4.79 Å². The highest BCUT2D eigenvalue weighted by Crippen LogP contribution is 2.29. The molecule has 4 rings (SSSR count). The van der Waals surface area contributed by atoms with Crippen molar-refractivity contribution in [3.05, 3.63) is 42.2 Å². The third-order valence-electron chi connectivity index (χ3n) is 4.91. The van der Waals surface area contributed by atoms with Crippen molar-refractivity contribution in [1.29, 1.82) is 0 Å². The number of imidazole rings is 1. The van der Waals surface area contributed by atoms with Crippen molar-refractivity contribution in [2.24, 2.45) is 13.0 Å². The monoisotopic (exact) mass is 338 g/mol. The van der Waals surface area contributed by atoms with Crippen LogP contribution < -0.4 is 10.6 Å². The zero-order valence-electron chi connectivity index (χ0n) is 14.4. The summed E-state index contributed by atoms with van der Waals surface area (Å²) in [5.41, 5.74) is 3.03. The fraction of sp³-hybridized carbons (Fsp3) is 0.389. The van der Waals surface area contributed by atoms with Gasteiger partial charge in [0.2, 0.25) is 11.9 Å². The van der Waals surface area contributed by atoms with Crippen molar-refractivity contribution in [2.75, 3.05) is 18.4 Å². The van der Waals surface area contributed by atoms with E-state index in [2.05, 4.69) is 27.6 Å². The summed E-state index contributed by atoms with van der Waals surface area (Å²) in [4.78, 5) is 17.5. The second-order valence-electron chi connectivity index (χ2n) is 6.48. The lowest BCUT2D eigenvalue weighted by molar-refractivity contribution is -0.119. The van der Waals surface area contributed by atoms with Crippen LogP contribution in [0.2, 0.25) is 0 Å². The minimum atomic E-state index is -0.130. The highest BCUT2D eigenvalue weighted by molar-refractivity contribution is 5.94. The molecule has 2 atom stereocenters. The molecule has 0 aliphatic carbocycles. The smallest absolute Gasteiger partial charge is 0.231 e. The Hall–Kier alpha value is -2.67. The van der Waals surface area contributed by atoms with Crippen LogP contribution in [0.4, 0.5) is 5.95 Å². The van der Waals surface area contributed by atoms with Gasteiger partial charge in [0.1, 0.15) is 0 Å². The Kier molecular flexibility index (Phi) is 4.01. The van der Waals surface area contributed by atoms with Gasteiger partial charge < -0.3 is 9.88 Å². The van der Waals surface area contributed by atoms with Crippen molar-refractivity contribution >= 4 is 22.9 Å². The van der Waals surface area contributed by atoms with Gasteiger partial charge in [0, 0.05) is 38.8 Å². The van der Waals surface area contributed by atoms with Gasteiger partial charge in [-0.3, -0.25) is 14.8 Å². The molecular weight excluding hydrogens is 316 g/mol. The number of para-hydroxylation sites is 2. The number of carbonyl (C=O) groups excluding carboxylic acids is 1. The number of fused-ring (bicyclic) bond motifs is 1. The third-order valence-corrected chi connectivity index (χ3v) is 4.91. The van der Waals surface area contributed by atoms with Crippen molar-refractivity contribution in [1.82, 2.24) is 24.6 Å². The fourth-order valence-electron chi connectivity index (χ4n) is 3.63. The maximum absolute atomic E-state index is 12.9. The van der Waals surface area contributed by atoms with Gasteiger partial charge in [0.05, 0.1) is 23.1 Å². The minimum Gasteiger partial charge on any atom is -0.315 e. The molecule has 1 saturated heterocycles. The van der Waals surface area contributed by atoms with Gasteiger partial charge in [-0.25, -0.2) is 4.98 Å². The molecule has 2 N–H and O–H groups in total. The molecule has 1 aromatic carbocycles. The number of rotatable bonds is 4. The summed E-state index contributed by atoms with van der Waals surface area (Å²) < 4.78 is 3.81. The fourth-order valence-corrected chi connectivity index (χ4v) is 3.63. The number of anilines is 1. The van der Waals surface area contributed by atoms with E-state index in [1.54, 1.807) is 4.68 Å². The van der Waals surface area contributed by atoms with E-state index < -0.39 is 0 Å². The summed E-state index contributed by atoms with van der Waals surface area (Å²) in [6, 6.07) is 7.94. The Balaban J connectivity index is 1.59. The maximum atomic E-state index is 12.9. The summed E-state index contributed by atoms with van der Waals surface area (Å²) in [5, 5.41) is 10.6. The number of amides is 1. The van der Waals surface area contributed by atoms with Crippen LogP contribution in [0.5, 0.6) is 0 Å². The van der Waals surface area contributed by atoms with Gasteiger partial charge in [-0.15, -0.1) is 0 Å². The molecule has 0 bridgehead atoms. The number of aryl methyl sites for hydroxylation is 2. The lowest BCUT2D eigenvalue weighted by Crippen LogP contribution is -2.29. The standard InChI is InChI=1S/C18H22N6O/c1-3-24-16-7-5-4-6-15(16)21-18(24)22-17(25)14-10-19-9-13(14)12-8-20-23(2)11-12/h4-8,11,13-14,19H,3,9-10H2,1-2H3,(H,21,22,25)/t13-,14+/m1/s1. The lowest BCUT2D eigenvalue weighted by atomic mass is 9.90. The first-order valence-corrected chi connectivity index (χ1v) is 8.62. The van der Waals surface area contributed by atoms with Crippen LogP contribution in [0.25, 0.3) is 11.0 Å². The van der Waals surface area contributed by atoms with Gasteiger partial charge >= 0.3 is 0 Å². The number of carbonyl (C=O) groups is 1. The van der Waals surface area contributed by atoms with Crippen LogP contribution in [0.15, 0.2) is 36.7 Å². The van der Waals surface area contributed by atoms with Crippen LogP contribution in [-0.2, 0) is 18.4 Å². The zero-order chi connectivity index (χ0) is 17.4. The molecule has 1 fully saturated rings. The molecule has 1 amide bonds. The van der Waals surface area contributed by atoms with Crippen LogP contribution in [0, 0.1) is 5.92 Å². The Labute approximate surface area is 146 Å². The van der Waals surface area contributed by atoms with E-state index in [9.17, 15) is 4.79 Å². The second-order valence-corrected chi connectivity index (χ2v) is 6.48. The number of benzene rings is 1. The van der Waals surface area contributed by atoms with Gasteiger partial charge in [-0.2, -0.15) is 5.10 Å². The summed E-state index contributed by atoms with van der Waals surface area (Å²) in [5.74, 6) is 0.622. The largest absolute Gasteiger partial charge is 0.315 e. The Bertz CT molecular complexity index is 911. The molecule has 0 radical (unpaired) electrons. The SMILES string of the molecule is CCn1c(NC(=O)[C@H]2CNC[C@@H]2c2cnn(C)c2)nc2ccccc21. The zero-order valence-corrected chi connectivity index (χ0v) is 14.4. The molecule has 7 nitrogen and oxygen atoms in total. The van der Waals surface area contributed by atoms with Crippen LogP contribution in [-0.4, -0.2) is 38.3 Å². The van der Waals surface area contributed by atoms with Crippen molar-refractivity contribution in [2.45, 2.75) is 19.4 Å². The van der Waals surface area contributed by atoms with Gasteiger partial charge in [-0.1, -0.05) is 12.1 Å². The molecule has 1 aliphatic rings. The predicted molar refractivity (Wildman–Crippen MR) is 96.3 cm³/mol. The number of hydrogen-bond acceptors (Lipinski definition) is 4. The highest BCUT2D eigenvalue weighted by Gasteiger charge is 2.35. The predicted octanol–water partition coefficient (Wildman–Crippen LogP) is 1.73. The van der Waals surface area contributed by atoms with E-state index in [0.717, 1.165) is 29.7 Å². The quantitative estimate of drug-likeness (QED) is 0.760. The van der Waals surface area contributed by atoms with Gasteiger partial charge in [0.25, 0.3) is 0 Å². The second kappa shape index (κ2) is 6.33. The van der Waals surface area contributed by atoms with Crippen LogP contribution >= 0.6 is 0 Å². The molecule has 3 heterocycles. The average molecular weight is 338 g/mol. The van der Waals surface area contributed by atoms with Crippen molar-refractivity contribution in [3.8, 4) is 0 Å². The summed E-state index contributed by atoms with van der Waals surface area (Å²) in [6.07, 6.45) is 3.83. The van der Waals surface area contributed by atoms with E-state index in [4.69, 9.17) is 0 Å². The van der Waals surface area contributed by atoms with E-state index in [1.165, 1.54) is 0 Å². The van der Waals surface area contributed by atoms with E-state index in [-0.39, 0.29) is 17.7 Å². The van der Waals surface area contributed by atoms with E-state index in [0.29, 0.717) is 12.5 Å². The average Bonchev–Trinajstić information content (AvgIpc) is 3.31. The Morgan fingerprint density at radius 1 is 1.36 bits per heavy atom. The molecule has 7 heteroatoms. The topological polar surface area (TPSA) is 76.8 Å². The molecular formula is C18H22N6O. The lowest BCUT2D eigenvalue weighted by Gasteiger charge is -2.17. The summed E-state index contributed by atoms with van der Waals surface area (Å²) >= 11 is 0. The Morgan fingerprint density at radius 2 is 2.20 bits per heavy atom.